The highest BCUT2D eigenvalue weighted by Gasteiger charge is 2.23. The fourth-order valence-electron chi connectivity index (χ4n) is 5.40. The first-order valence-electron chi connectivity index (χ1n) is 16.4. The number of carboxylic acid groups (broad SMARTS) is 2. The quantitative estimate of drug-likeness (QED) is 0.0670. The zero-order chi connectivity index (χ0) is 31.2. The molecule has 0 spiro atoms. The van der Waals surface area contributed by atoms with Gasteiger partial charge in [0.1, 0.15) is 6.54 Å². The molecule has 242 valence electrons. The summed E-state index contributed by atoms with van der Waals surface area (Å²) < 4.78 is 6.79. The predicted molar refractivity (Wildman–Crippen MR) is 167 cm³/mol. The Morgan fingerprint density at radius 3 is 2.02 bits per heavy atom. The van der Waals surface area contributed by atoms with Gasteiger partial charge in [-0.15, -0.1) is 0 Å². The van der Waals surface area contributed by atoms with Gasteiger partial charge in [-0.3, -0.25) is 9.59 Å². The van der Waals surface area contributed by atoms with E-state index in [-0.39, 0.29) is 30.4 Å². The number of ether oxygens (including phenoxy) is 1. The third-order valence-corrected chi connectivity index (χ3v) is 8.11. The Balaban J connectivity index is 4.29. The van der Waals surface area contributed by atoms with Crippen molar-refractivity contribution in [1.29, 1.82) is 0 Å². The molecule has 0 aromatic carbocycles. The summed E-state index contributed by atoms with van der Waals surface area (Å²) in [7, 11) is 3.88. The number of carbonyl (C=O) groups is 3. The highest BCUT2D eigenvalue weighted by atomic mass is 16.5. The lowest BCUT2D eigenvalue weighted by atomic mass is 9.84. The van der Waals surface area contributed by atoms with Gasteiger partial charge in [0, 0.05) is 13.0 Å². The number of quaternary nitrogens is 1. The maximum atomic E-state index is 12.1. The number of rotatable bonds is 28. The fraction of sp³-hybridized carbons (Fsp3) is 0.909. The number of unbranched alkanes of at least 4 members (excludes halogenated alkanes) is 9. The summed E-state index contributed by atoms with van der Waals surface area (Å²) >= 11 is 0. The monoisotopic (exact) mass is 585 g/mol. The summed E-state index contributed by atoms with van der Waals surface area (Å²) in [6.45, 7) is 10.4. The van der Waals surface area contributed by atoms with Crippen molar-refractivity contribution in [3.05, 3.63) is 0 Å². The Labute approximate surface area is 251 Å². The second-order valence-electron chi connectivity index (χ2n) is 13.6. The van der Waals surface area contributed by atoms with Gasteiger partial charge in [-0.2, -0.15) is 0 Å². The van der Waals surface area contributed by atoms with Crippen LogP contribution in [-0.4, -0.2) is 79.0 Å². The van der Waals surface area contributed by atoms with E-state index >= 15 is 0 Å². The molecule has 3 N–H and O–H groups in total. The van der Waals surface area contributed by atoms with Gasteiger partial charge >= 0.3 is 11.9 Å². The first-order valence-corrected chi connectivity index (χ1v) is 16.4. The van der Waals surface area contributed by atoms with E-state index in [9.17, 15) is 14.4 Å². The van der Waals surface area contributed by atoms with Gasteiger partial charge in [-0.1, -0.05) is 91.9 Å². The van der Waals surface area contributed by atoms with Crippen LogP contribution in [0.1, 0.15) is 137 Å². The molecule has 0 aliphatic rings. The highest BCUT2D eigenvalue weighted by Crippen LogP contribution is 2.26. The van der Waals surface area contributed by atoms with Crippen molar-refractivity contribution < 1.29 is 33.8 Å². The Kier molecular flexibility index (Phi) is 21.9. The molecule has 0 radical (unpaired) electrons. The van der Waals surface area contributed by atoms with Crippen LogP contribution in [0.5, 0.6) is 0 Å². The third-order valence-electron chi connectivity index (χ3n) is 8.11. The minimum atomic E-state index is -0.780. The lowest BCUT2D eigenvalue weighted by Gasteiger charge is -2.30. The van der Waals surface area contributed by atoms with Crippen molar-refractivity contribution in [2.75, 3.05) is 40.3 Å². The van der Waals surface area contributed by atoms with Crippen molar-refractivity contribution in [3.63, 3.8) is 0 Å². The third kappa shape index (κ3) is 24.6. The molecule has 0 saturated heterocycles. The normalized spacial score (nSPS) is 13.6. The topological polar surface area (TPSA) is 113 Å². The van der Waals surface area contributed by atoms with Crippen molar-refractivity contribution >= 4 is 17.8 Å². The van der Waals surface area contributed by atoms with Crippen LogP contribution in [0, 0.1) is 11.3 Å². The molecule has 0 rings (SSSR count). The van der Waals surface area contributed by atoms with E-state index in [0.29, 0.717) is 36.5 Å². The second-order valence-corrected chi connectivity index (χ2v) is 13.6. The largest absolute Gasteiger partial charge is 0.481 e. The van der Waals surface area contributed by atoms with E-state index in [2.05, 4.69) is 19.2 Å². The fourth-order valence-corrected chi connectivity index (χ4v) is 5.40. The molecule has 0 heterocycles. The molecule has 2 unspecified atom stereocenters. The van der Waals surface area contributed by atoms with Crippen LogP contribution in [0.15, 0.2) is 0 Å². The van der Waals surface area contributed by atoms with Crippen LogP contribution in [0.4, 0.5) is 0 Å². The number of aliphatic carboxylic acids is 2. The number of hydrogen-bond acceptors (Lipinski definition) is 4. The molecule has 41 heavy (non-hydrogen) atoms. The van der Waals surface area contributed by atoms with Crippen molar-refractivity contribution in [2.45, 2.75) is 143 Å². The molecule has 0 aliphatic carbocycles. The molecule has 2 atom stereocenters. The van der Waals surface area contributed by atoms with Gasteiger partial charge in [0.05, 0.1) is 33.2 Å². The number of nitrogens with one attached hydrogen (secondary N) is 1. The molecule has 1 amide bonds. The van der Waals surface area contributed by atoms with E-state index < -0.39 is 11.9 Å². The summed E-state index contributed by atoms with van der Waals surface area (Å²) in [5.41, 5.74) is -0.247. The molecule has 8 heteroatoms. The van der Waals surface area contributed by atoms with E-state index in [1.165, 1.54) is 44.9 Å². The van der Waals surface area contributed by atoms with E-state index in [1.54, 1.807) is 0 Å². The van der Waals surface area contributed by atoms with Crippen molar-refractivity contribution in [2.24, 2.45) is 11.3 Å². The Bertz CT molecular complexity index is 710. The molecule has 0 bridgehead atoms. The van der Waals surface area contributed by atoms with E-state index in [1.807, 2.05) is 27.9 Å². The first kappa shape index (κ1) is 39.3. The molecule has 0 aromatic heterocycles. The molecule has 0 saturated carbocycles. The second kappa shape index (κ2) is 22.9. The Morgan fingerprint density at radius 2 is 1.41 bits per heavy atom. The van der Waals surface area contributed by atoms with Gasteiger partial charge in [0.25, 0.3) is 0 Å². The summed E-state index contributed by atoms with van der Waals surface area (Å²) in [6.07, 6.45) is 17.7. The van der Waals surface area contributed by atoms with Gasteiger partial charge < -0.3 is 24.7 Å². The molecule has 8 nitrogen and oxygen atoms in total. The average molecular weight is 586 g/mol. The summed E-state index contributed by atoms with van der Waals surface area (Å²) in [5.74, 6) is -0.976. The maximum Gasteiger partial charge on any atom is 0.359 e. The molecule has 0 fully saturated rings. The zero-order valence-corrected chi connectivity index (χ0v) is 27.5. The number of likely N-dealkylation sites (N-methyl/N-ethyl adjacent to an activating group) is 1. The lowest BCUT2D eigenvalue weighted by molar-refractivity contribution is -0.883. The lowest BCUT2D eigenvalue weighted by Crippen LogP contribution is -2.46. The van der Waals surface area contributed by atoms with Crippen LogP contribution in [0.3, 0.4) is 0 Å². The number of amides is 1. The zero-order valence-electron chi connectivity index (χ0n) is 27.5. The first-order chi connectivity index (χ1) is 19.3. The Morgan fingerprint density at radius 1 is 0.829 bits per heavy atom. The van der Waals surface area contributed by atoms with Crippen LogP contribution < -0.4 is 5.32 Å². The Hall–Kier alpha value is -1.67. The van der Waals surface area contributed by atoms with E-state index in [0.717, 1.165) is 51.4 Å². The van der Waals surface area contributed by atoms with E-state index in [4.69, 9.17) is 14.9 Å². The molecular formula is C33H65N2O6+. The maximum absolute atomic E-state index is 12.1. The number of carbonyl (C=O) groups excluding carboxylic acids is 1. The minimum absolute atomic E-state index is 0.0854. The SMILES string of the molecule is CCCCCCCCC(C)C(CCCCCCCC(=O)NCCCC(C)(C)CC(=O)O)OCC[N+](C)(C)CC(=O)O. The summed E-state index contributed by atoms with van der Waals surface area (Å²) in [5, 5.41) is 21.1. The minimum Gasteiger partial charge on any atom is -0.481 e. The summed E-state index contributed by atoms with van der Waals surface area (Å²) in [4.78, 5) is 34.2. The van der Waals surface area contributed by atoms with Gasteiger partial charge in [-0.25, -0.2) is 4.79 Å². The summed E-state index contributed by atoms with van der Waals surface area (Å²) in [6, 6.07) is 0. The number of carboxylic acids is 2. The van der Waals surface area contributed by atoms with Gasteiger partial charge in [0.2, 0.25) is 5.91 Å². The van der Waals surface area contributed by atoms with Crippen LogP contribution >= 0.6 is 0 Å². The smallest absolute Gasteiger partial charge is 0.359 e. The van der Waals surface area contributed by atoms with Crippen molar-refractivity contribution in [3.8, 4) is 0 Å². The predicted octanol–water partition coefficient (Wildman–Crippen LogP) is 7.05. The van der Waals surface area contributed by atoms with Crippen LogP contribution in [0.25, 0.3) is 0 Å². The average Bonchev–Trinajstić information content (AvgIpc) is 2.85. The molecule has 0 aliphatic heterocycles. The van der Waals surface area contributed by atoms with Gasteiger partial charge in [0.15, 0.2) is 6.54 Å². The number of nitrogens with zero attached hydrogens (tertiary/aromatic N) is 1. The van der Waals surface area contributed by atoms with Crippen LogP contribution in [0.2, 0.25) is 0 Å². The highest BCUT2D eigenvalue weighted by molar-refractivity contribution is 5.75. The van der Waals surface area contributed by atoms with Crippen LogP contribution in [-0.2, 0) is 19.1 Å². The molecular weight excluding hydrogens is 520 g/mol. The van der Waals surface area contributed by atoms with Crippen molar-refractivity contribution in [1.82, 2.24) is 5.32 Å². The van der Waals surface area contributed by atoms with Gasteiger partial charge in [-0.05, 0) is 43.4 Å². The molecule has 0 aromatic rings. The standard InChI is InChI=1S/C33H64N2O6/c1-7-8-9-10-12-15-19-28(2)29(41-25-24-35(5,6)27-32(39)40)20-16-13-11-14-17-21-30(36)34-23-18-22-33(3,4)26-31(37)38/h28-29H,7-27H2,1-6H3,(H2-,34,36,37,38,39,40)/p+1. The number of hydrogen-bond donors (Lipinski definition) is 3.